The molecule has 2 aromatic heterocycles. The van der Waals surface area contributed by atoms with Crippen LogP contribution in [0.15, 0.2) is 133 Å². The smallest absolute Gasteiger partial charge is 0.164 e. The van der Waals surface area contributed by atoms with Gasteiger partial charge in [0.2, 0.25) is 0 Å². The topological polar surface area (TPSA) is 38.7 Å². The largest absolute Gasteiger partial charge is 0.208 e. The molecule has 0 unspecified atom stereocenters. The summed E-state index contributed by atoms with van der Waals surface area (Å²) in [5.74, 6) is 1.62. The molecule has 0 N–H and O–H groups in total. The molecule has 3 nitrogen and oxygen atoms in total. The van der Waals surface area contributed by atoms with Gasteiger partial charge < -0.3 is 0 Å². The second-order valence-corrected chi connectivity index (χ2v) is 14.6. The van der Waals surface area contributed by atoms with E-state index < -0.39 is 0 Å². The van der Waals surface area contributed by atoms with E-state index in [0.717, 1.165) is 49.2 Å². The van der Waals surface area contributed by atoms with E-state index in [-0.39, 0.29) is 16.4 Å². The summed E-state index contributed by atoms with van der Waals surface area (Å²) in [7, 11) is 45.3. The van der Waals surface area contributed by atoms with Crippen LogP contribution in [0.25, 0.3) is 87.7 Å². The minimum absolute atomic E-state index is 0.200. The van der Waals surface area contributed by atoms with Crippen molar-refractivity contribution in [2.75, 3.05) is 0 Å². The van der Waals surface area contributed by atoms with Gasteiger partial charge in [0.1, 0.15) is 54.9 Å². The molecular weight excluding hydrogens is 690 g/mol. The van der Waals surface area contributed by atoms with Crippen LogP contribution in [0.5, 0.6) is 0 Å². The molecule has 7 aromatic carbocycles. The fourth-order valence-corrected chi connectivity index (χ4v) is 8.50. The molecule has 0 aliphatic carbocycles. The molecule has 9 aromatic rings. The summed E-state index contributed by atoms with van der Waals surface area (Å²) in [5, 5.41) is 1.24. The number of fused-ring (bicyclic) bond motifs is 3. The van der Waals surface area contributed by atoms with Crippen molar-refractivity contribution in [2.24, 2.45) is 0 Å². The van der Waals surface area contributed by atoms with Gasteiger partial charge in [-0.25, -0.2) is 15.0 Å². The predicted octanol–water partition coefficient (Wildman–Crippen LogP) is 3.80. The second-order valence-electron chi connectivity index (χ2n) is 13.6. The maximum Gasteiger partial charge on any atom is 0.164 e. The van der Waals surface area contributed by atoms with Crippen LogP contribution < -0.4 is 38.2 Å². The van der Waals surface area contributed by atoms with E-state index in [1.54, 1.807) is 0 Å². The maximum absolute atomic E-state index is 6.71. The summed E-state index contributed by atoms with van der Waals surface area (Å²) in [4.78, 5) is 15.0. The van der Waals surface area contributed by atoms with E-state index in [2.05, 4.69) is 48.5 Å². The predicted molar refractivity (Wildman–Crippen MR) is 243 cm³/mol. The fourth-order valence-electron chi connectivity index (χ4n) is 7.12. The second kappa shape index (κ2) is 14.4. The molecule has 0 amide bonds. The third kappa shape index (κ3) is 6.15. The lowest BCUT2D eigenvalue weighted by molar-refractivity contribution is 1.07. The number of hydrogen-bond donors (Lipinski definition) is 0. The van der Waals surface area contributed by atoms with Crippen molar-refractivity contribution in [2.45, 2.75) is 0 Å². The van der Waals surface area contributed by atoms with Gasteiger partial charge in [-0.2, -0.15) is 0 Å². The molecule has 244 valence electrons. The van der Waals surface area contributed by atoms with E-state index >= 15 is 0 Å². The van der Waals surface area contributed by atoms with Crippen LogP contribution in [0.3, 0.4) is 0 Å². The van der Waals surface area contributed by atoms with Gasteiger partial charge in [-0.3, -0.25) is 0 Å². The third-order valence-electron chi connectivity index (χ3n) is 10.2. The number of thiophene rings is 1. The summed E-state index contributed by atoms with van der Waals surface area (Å²) in [6.45, 7) is 0. The molecule has 9 rings (SSSR count). The first-order chi connectivity index (χ1) is 27.2. The van der Waals surface area contributed by atoms with E-state index in [1.807, 2.05) is 84.9 Å². The van der Waals surface area contributed by atoms with Crippen molar-refractivity contribution < 1.29 is 0 Å². The summed E-state index contributed by atoms with van der Waals surface area (Å²) in [6.07, 6.45) is 0. The molecule has 56 heavy (non-hydrogen) atoms. The Morgan fingerprint density at radius 1 is 0.286 bits per heavy atom. The van der Waals surface area contributed by atoms with Crippen molar-refractivity contribution in [1.82, 2.24) is 15.0 Å². The maximum atomic E-state index is 6.71. The number of rotatable bonds is 6. The van der Waals surface area contributed by atoms with Gasteiger partial charge in [0.25, 0.3) is 0 Å². The summed E-state index contributed by atoms with van der Waals surface area (Å²) >= 11 is 1.39. The van der Waals surface area contributed by atoms with Crippen LogP contribution in [0.4, 0.5) is 0 Å². The van der Waals surface area contributed by atoms with E-state index in [4.69, 9.17) is 69.9 Å². The van der Waals surface area contributed by atoms with Crippen LogP contribution in [0.1, 0.15) is 0 Å². The van der Waals surface area contributed by atoms with Gasteiger partial charge in [0, 0.05) is 26.1 Å². The van der Waals surface area contributed by atoms with Crippen molar-refractivity contribution in [3.8, 4) is 67.5 Å². The Bertz CT molecular complexity index is 2850. The SMILES string of the molecule is [B]c1c([B])c([B])c2c(sc3c(-c4ccc(-c5nc(-c6ccc(-c7ccccc7)cc6)nc(-c6ccc(-c7ccccc7)cc6)n5)cc4)c([B])c([B])c([B])c32)c1[B]. The zero-order valence-corrected chi connectivity index (χ0v) is 30.8. The zero-order chi connectivity index (χ0) is 38.7. The summed E-state index contributed by atoms with van der Waals surface area (Å²) in [6, 6.07) is 44.8. The highest BCUT2D eigenvalue weighted by Gasteiger charge is 2.21. The van der Waals surface area contributed by atoms with Gasteiger partial charge in [-0.15, -0.1) is 27.7 Å². The number of nitrogens with zero attached hydrogens (tertiary/aromatic N) is 3. The van der Waals surface area contributed by atoms with E-state index in [1.165, 1.54) is 11.3 Å². The minimum atomic E-state index is 0.200. The van der Waals surface area contributed by atoms with E-state index in [0.29, 0.717) is 60.4 Å². The molecule has 0 spiro atoms. The normalized spacial score (nSPS) is 11.4. The van der Waals surface area contributed by atoms with Gasteiger partial charge in [0.05, 0.1) is 0 Å². The van der Waals surface area contributed by atoms with Crippen LogP contribution in [0, 0.1) is 0 Å². The molecule has 0 atom stereocenters. The first-order valence-electron chi connectivity index (χ1n) is 17.8. The standard InChI is InChI=1S/C45H22B7N3S/c46-34-31(41-32(35(47)37(34)49)33-36(48)38(50)39(51)40(52)42(33)56-41)27-15-21-30(22-16-27)45-54-43(28-17-11-25(12-18-28)23-7-3-1-4-8-23)53-44(55-45)29-19-13-26(14-20-29)24-9-5-2-6-10-24/h1-22H. The molecule has 0 saturated heterocycles. The van der Waals surface area contributed by atoms with Crippen molar-refractivity contribution in [3.05, 3.63) is 133 Å². The molecule has 11 heteroatoms. The first-order valence-corrected chi connectivity index (χ1v) is 18.6. The van der Waals surface area contributed by atoms with Gasteiger partial charge >= 0.3 is 0 Å². The summed E-state index contributed by atoms with van der Waals surface area (Å²) < 4.78 is 1.43. The van der Waals surface area contributed by atoms with Gasteiger partial charge in [-0.1, -0.05) is 155 Å². The number of benzene rings is 7. The van der Waals surface area contributed by atoms with Crippen LogP contribution >= 0.6 is 11.3 Å². The van der Waals surface area contributed by atoms with E-state index in [9.17, 15) is 0 Å². The molecule has 2 heterocycles. The lowest BCUT2D eigenvalue weighted by Crippen LogP contribution is -2.47. The fraction of sp³-hybridized carbons (Fsp3) is 0. The first kappa shape index (κ1) is 35.9. The van der Waals surface area contributed by atoms with Crippen molar-refractivity contribution >= 4 is 125 Å². The quantitative estimate of drug-likeness (QED) is 0.247. The monoisotopic (exact) mass is 713 g/mol. The number of hydrogen-bond acceptors (Lipinski definition) is 4. The molecular formula is C45H22B7N3S. The Morgan fingerprint density at radius 3 is 1.04 bits per heavy atom. The highest BCUT2D eigenvalue weighted by atomic mass is 32.1. The van der Waals surface area contributed by atoms with Gasteiger partial charge in [0.15, 0.2) is 17.5 Å². The molecule has 0 aliphatic heterocycles. The highest BCUT2D eigenvalue weighted by molar-refractivity contribution is 7.28. The molecule has 0 aliphatic rings. The Labute approximate surface area is 338 Å². The highest BCUT2D eigenvalue weighted by Crippen LogP contribution is 2.37. The Balaban J connectivity index is 1.16. The van der Waals surface area contributed by atoms with Crippen molar-refractivity contribution in [1.29, 1.82) is 0 Å². The Hall–Kier alpha value is -5.78. The minimum Gasteiger partial charge on any atom is -0.208 e. The lowest BCUT2D eigenvalue weighted by Gasteiger charge is -2.18. The lowest BCUT2D eigenvalue weighted by atomic mass is 9.64. The van der Waals surface area contributed by atoms with Crippen LogP contribution in [0.2, 0.25) is 0 Å². The van der Waals surface area contributed by atoms with Gasteiger partial charge in [-0.05, 0) is 44.2 Å². The molecule has 0 bridgehead atoms. The molecule has 0 fully saturated rings. The average molecular weight is 712 g/mol. The van der Waals surface area contributed by atoms with Crippen LogP contribution in [-0.2, 0) is 0 Å². The average Bonchev–Trinajstić information content (AvgIpc) is 3.65. The molecule has 14 radical (unpaired) electrons. The Kier molecular flexibility index (Phi) is 9.22. The summed E-state index contributed by atoms with van der Waals surface area (Å²) in [5.41, 5.74) is 10.4. The van der Waals surface area contributed by atoms with Crippen molar-refractivity contribution in [3.63, 3.8) is 0 Å². The third-order valence-corrected chi connectivity index (χ3v) is 11.4. The Morgan fingerprint density at radius 2 is 0.607 bits per heavy atom. The number of aromatic nitrogens is 3. The van der Waals surface area contributed by atoms with Crippen LogP contribution in [-0.4, -0.2) is 69.9 Å². The zero-order valence-electron chi connectivity index (χ0n) is 30.0. The molecule has 0 saturated carbocycles.